The van der Waals surface area contributed by atoms with Crippen LogP contribution in [0.2, 0.25) is 0 Å². The van der Waals surface area contributed by atoms with Gasteiger partial charge in [-0.05, 0) is 37.5 Å². The fraction of sp³-hybridized carbons (Fsp3) is 0.611. The van der Waals surface area contributed by atoms with Gasteiger partial charge in [-0.2, -0.15) is 0 Å². The van der Waals surface area contributed by atoms with Crippen molar-refractivity contribution in [2.75, 3.05) is 0 Å². The molecule has 0 atom stereocenters. The molecule has 5 nitrogen and oxygen atoms in total. The first-order chi connectivity index (χ1) is 11.1. The SMILES string of the molecule is Cc1cc(CNC(=O)CCC(=O)NC2CCCCCC2)ccn1. The molecule has 1 heterocycles. The average molecular weight is 317 g/mol. The molecule has 1 aromatic rings. The van der Waals surface area contributed by atoms with Crippen molar-refractivity contribution in [3.05, 3.63) is 29.6 Å². The maximum absolute atomic E-state index is 11.9. The highest BCUT2D eigenvalue weighted by Gasteiger charge is 2.15. The van der Waals surface area contributed by atoms with Gasteiger partial charge in [0.15, 0.2) is 0 Å². The molecule has 0 unspecified atom stereocenters. The predicted octanol–water partition coefficient (Wildman–Crippen LogP) is 2.63. The van der Waals surface area contributed by atoms with Gasteiger partial charge in [-0.25, -0.2) is 0 Å². The lowest BCUT2D eigenvalue weighted by atomic mass is 10.1. The van der Waals surface area contributed by atoms with Crippen LogP contribution in [0, 0.1) is 6.92 Å². The van der Waals surface area contributed by atoms with E-state index in [0.29, 0.717) is 12.6 Å². The van der Waals surface area contributed by atoms with Crippen LogP contribution in [0.15, 0.2) is 18.3 Å². The molecule has 2 amide bonds. The fourth-order valence-electron chi connectivity index (χ4n) is 2.95. The minimum absolute atomic E-state index is 0.00759. The molecule has 5 heteroatoms. The lowest BCUT2D eigenvalue weighted by Gasteiger charge is -2.16. The third-order valence-electron chi connectivity index (χ3n) is 4.25. The molecule has 0 spiro atoms. The van der Waals surface area contributed by atoms with Crippen molar-refractivity contribution >= 4 is 11.8 Å². The molecule has 0 radical (unpaired) electrons. The van der Waals surface area contributed by atoms with Gasteiger partial charge < -0.3 is 10.6 Å². The Labute approximate surface area is 138 Å². The van der Waals surface area contributed by atoms with Gasteiger partial charge in [0.25, 0.3) is 0 Å². The van der Waals surface area contributed by atoms with Crippen LogP contribution in [-0.4, -0.2) is 22.8 Å². The van der Waals surface area contributed by atoms with Gasteiger partial charge >= 0.3 is 0 Å². The molecule has 23 heavy (non-hydrogen) atoms. The summed E-state index contributed by atoms with van der Waals surface area (Å²) in [5.74, 6) is -0.0951. The number of rotatable bonds is 6. The van der Waals surface area contributed by atoms with Gasteiger partial charge in [0.05, 0.1) is 0 Å². The third kappa shape index (κ3) is 6.80. The predicted molar refractivity (Wildman–Crippen MR) is 89.7 cm³/mol. The number of amides is 2. The Balaban J connectivity index is 1.64. The van der Waals surface area contributed by atoms with Crippen LogP contribution in [0.1, 0.15) is 62.6 Å². The van der Waals surface area contributed by atoms with Crippen molar-refractivity contribution < 1.29 is 9.59 Å². The molecule has 2 rings (SSSR count). The van der Waals surface area contributed by atoms with Crippen molar-refractivity contribution in [3.8, 4) is 0 Å². The number of hydrogen-bond acceptors (Lipinski definition) is 3. The highest BCUT2D eigenvalue weighted by Crippen LogP contribution is 2.17. The summed E-state index contributed by atoms with van der Waals surface area (Å²) in [7, 11) is 0. The summed E-state index contributed by atoms with van der Waals surface area (Å²) in [6.45, 7) is 2.40. The van der Waals surface area contributed by atoms with Crippen LogP contribution in [0.25, 0.3) is 0 Å². The molecule has 1 fully saturated rings. The van der Waals surface area contributed by atoms with E-state index in [-0.39, 0.29) is 24.7 Å². The van der Waals surface area contributed by atoms with Crippen molar-refractivity contribution in [1.82, 2.24) is 15.6 Å². The number of nitrogens with zero attached hydrogens (tertiary/aromatic N) is 1. The van der Waals surface area contributed by atoms with Crippen LogP contribution in [0.5, 0.6) is 0 Å². The molecular formula is C18H27N3O2. The first kappa shape index (κ1) is 17.4. The highest BCUT2D eigenvalue weighted by molar-refractivity contribution is 5.83. The quantitative estimate of drug-likeness (QED) is 0.792. The first-order valence-corrected chi connectivity index (χ1v) is 8.61. The van der Waals surface area contributed by atoms with Crippen LogP contribution >= 0.6 is 0 Å². The molecule has 2 N–H and O–H groups in total. The van der Waals surface area contributed by atoms with Crippen LogP contribution < -0.4 is 10.6 Å². The zero-order chi connectivity index (χ0) is 16.5. The minimum atomic E-state index is -0.0875. The molecule has 0 saturated heterocycles. The van der Waals surface area contributed by atoms with Crippen LogP contribution in [-0.2, 0) is 16.1 Å². The van der Waals surface area contributed by atoms with E-state index in [4.69, 9.17) is 0 Å². The third-order valence-corrected chi connectivity index (χ3v) is 4.25. The number of aryl methyl sites for hydroxylation is 1. The molecular weight excluding hydrogens is 290 g/mol. The summed E-state index contributed by atoms with van der Waals surface area (Å²) in [6.07, 6.45) is 9.29. The van der Waals surface area contributed by atoms with Crippen LogP contribution in [0.3, 0.4) is 0 Å². The molecule has 1 aliphatic carbocycles. The summed E-state index contributed by atoms with van der Waals surface area (Å²) in [5.41, 5.74) is 1.95. The topological polar surface area (TPSA) is 71.1 Å². The summed E-state index contributed by atoms with van der Waals surface area (Å²) < 4.78 is 0. The van der Waals surface area contributed by atoms with Crippen molar-refractivity contribution in [2.24, 2.45) is 0 Å². The zero-order valence-corrected chi connectivity index (χ0v) is 13.9. The van der Waals surface area contributed by atoms with Gasteiger partial charge in [-0.3, -0.25) is 14.6 Å². The maximum atomic E-state index is 11.9. The fourth-order valence-corrected chi connectivity index (χ4v) is 2.95. The number of nitrogens with one attached hydrogen (secondary N) is 2. The Kier molecular flexibility index (Phi) is 7.04. The van der Waals surface area contributed by atoms with Crippen LogP contribution in [0.4, 0.5) is 0 Å². The summed E-state index contributed by atoms with van der Waals surface area (Å²) >= 11 is 0. The first-order valence-electron chi connectivity index (χ1n) is 8.61. The van der Waals surface area contributed by atoms with Gasteiger partial charge in [0.2, 0.25) is 11.8 Å². The largest absolute Gasteiger partial charge is 0.353 e. The Bertz CT molecular complexity index is 523. The number of carbonyl (C=O) groups is 2. The van der Waals surface area contributed by atoms with E-state index in [1.165, 1.54) is 25.7 Å². The summed E-state index contributed by atoms with van der Waals surface area (Å²) in [4.78, 5) is 27.9. The molecule has 1 aromatic heterocycles. The van der Waals surface area contributed by atoms with E-state index in [1.807, 2.05) is 19.1 Å². The molecule has 1 saturated carbocycles. The van der Waals surface area contributed by atoms with E-state index in [9.17, 15) is 9.59 Å². The van der Waals surface area contributed by atoms with E-state index >= 15 is 0 Å². The molecule has 0 aromatic carbocycles. The Hall–Kier alpha value is -1.91. The summed E-state index contributed by atoms with van der Waals surface area (Å²) in [5, 5.41) is 5.92. The second-order valence-electron chi connectivity index (χ2n) is 6.34. The van der Waals surface area contributed by atoms with Gasteiger partial charge in [-0.15, -0.1) is 0 Å². The van der Waals surface area contributed by atoms with Gasteiger partial charge in [-0.1, -0.05) is 25.7 Å². The second kappa shape index (κ2) is 9.28. The minimum Gasteiger partial charge on any atom is -0.353 e. The van der Waals surface area contributed by atoms with Crippen molar-refractivity contribution in [3.63, 3.8) is 0 Å². The number of pyridine rings is 1. The smallest absolute Gasteiger partial charge is 0.220 e. The number of carbonyl (C=O) groups excluding carboxylic acids is 2. The maximum Gasteiger partial charge on any atom is 0.220 e. The highest BCUT2D eigenvalue weighted by atomic mass is 16.2. The lowest BCUT2D eigenvalue weighted by Crippen LogP contribution is -2.35. The van der Waals surface area contributed by atoms with E-state index in [2.05, 4.69) is 15.6 Å². The zero-order valence-electron chi connectivity index (χ0n) is 13.9. The van der Waals surface area contributed by atoms with E-state index in [1.54, 1.807) is 6.20 Å². The standard InChI is InChI=1S/C18H27N3O2/c1-14-12-15(10-11-19-14)13-20-17(22)8-9-18(23)21-16-6-4-2-3-5-7-16/h10-12,16H,2-9,13H2,1H3,(H,20,22)(H,21,23). The Morgan fingerprint density at radius 1 is 1.13 bits per heavy atom. The number of aromatic nitrogens is 1. The van der Waals surface area contributed by atoms with Crippen molar-refractivity contribution in [2.45, 2.75) is 70.9 Å². The summed E-state index contributed by atoms with van der Waals surface area (Å²) in [6, 6.07) is 4.12. The van der Waals surface area contributed by atoms with E-state index in [0.717, 1.165) is 24.1 Å². The lowest BCUT2D eigenvalue weighted by molar-refractivity contribution is -0.126. The van der Waals surface area contributed by atoms with Gasteiger partial charge in [0, 0.05) is 37.3 Å². The number of hydrogen-bond donors (Lipinski definition) is 2. The monoisotopic (exact) mass is 317 g/mol. The Morgan fingerprint density at radius 2 is 1.83 bits per heavy atom. The van der Waals surface area contributed by atoms with Gasteiger partial charge in [0.1, 0.15) is 0 Å². The Morgan fingerprint density at radius 3 is 2.52 bits per heavy atom. The second-order valence-corrected chi connectivity index (χ2v) is 6.34. The average Bonchev–Trinajstić information content (AvgIpc) is 2.80. The molecule has 126 valence electrons. The molecule has 1 aliphatic rings. The molecule has 0 bridgehead atoms. The van der Waals surface area contributed by atoms with Crippen molar-refractivity contribution in [1.29, 1.82) is 0 Å². The van der Waals surface area contributed by atoms with E-state index < -0.39 is 0 Å². The normalized spacial score (nSPS) is 15.7. The molecule has 0 aliphatic heterocycles.